The van der Waals surface area contributed by atoms with Crippen LogP contribution >= 0.6 is 11.8 Å². The molecule has 3 aromatic rings. The van der Waals surface area contributed by atoms with E-state index in [9.17, 15) is 9.59 Å². The number of amides is 2. The topological polar surface area (TPSA) is 98.1 Å². The molecular formula is C21H21N5O3S. The van der Waals surface area contributed by atoms with Gasteiger partial charge in [0.15, 0.2) is 0 Å². The van der Waals surface area contributed by atoms with Crippen LogP contribution in [0.2, 0.25) is 0 Å². The van der Waals surface area contributed by atoms with E-state index in [4.69, 9.17) is 4.74 Å². The lowest BCUT2D eigenvalue weighted by Crippen LogP contribution is -2.36. The number of ether oxygens (including phenoxy) is 1. The molecule has 0 radical (unpaired) electrons. The van der Waals surface area contributed by atoms with Crippen molar-refractivity contribution in [1.82, 2.24) is 14.8 Å². The molecule has 0 spiro atoms. The van der Waals surface area contributed by atoms with Gasteiger partial charge in [0, 0.05) is 5.75 Å². The SMILES string of the molecule is COc1ccc(C)cc1NC(=O)C1CC(=O)Nc2nc(SCc3ccccc3)nn21. The summed E-state index contributed by atoms with van der Waals surface area (Å²) < 4.78 is 6.80. The van der Waals surface area contributed by atoms with Crippen molar-refractivity contribution < 1.29 is 14.3 Å². The summed E-state index contributed by atoms with van der Waals surface area (Å²) >= 11 is 1.45. The maximum Gasteiger partial charge on any atom is 0.250 e. The van der Waals surface area contributed by atoms with Crippen LogP contribution in [0, 0.1) is 6.92 Å². The molecule has 9 heteroatoms. The van der Waals surface area contributed by atoms with Crippen LogP contribution in [0.4, 0.5) is 11.6 Å². The predicted molar refractivity (Wildman–Crippen MR) is 115 cm³/mol. The van der Waals surface area contributed by atoms with E-state index in [1.54, 1.807) is 13.2 Å². The molecule has 154 valence electrons. The number of aromatic nitrogens is 3. The first kappa shape index (κ1) is 20.0. The van der Waals surface area contributed by atoms with Crippen LogP contribution in [-0.2, 0) is 15.3 Å². The highest BCUT2D eigenvalue weighted by Gasteiger charge is 2.33. The van der Waals surface area contributed by atoms with Crippen molar-refractivity contribution in [3.63, 3.8) is 0 Å². The quantitative estimate of drug-likeness (QED) is 0.590. The first-order chi connectivity index (χ1) is 14.5. The van der Waals surface area contributed by atoms with Gasteiger partial charge in [-0.15, -0.1) is 5.10 Å². The lowest BCUT2D eigenvalue weighted by atomic mass is 10.1. The highest BCUT2D eigenvalue weighted by atomic mass is 32.2. The van der Waals surface area contributed by atoms with Gasteiger partial charge >= 0.3 is 0 Å². The van der Waals surface area contributed by atoms with E-state index >= 15 is 0 Å². The van der Waals surface area contributed by atoms with Gasteiger partial charge in [-0.1, -0.05) is 48.2 Å². The molecule has 1 aromatic heterocycles. The van der Waals surface area contributed by atoms with Gasteiger partial charge in [0.25, 0.3) is 0 Å². The van der Waals surface area contributed by atoms with Gasteiger partial charge in [-0.25, -0.2) is 4.68 Å². The summed E-state index contributed by atoms with van der Waals surface area (Å²) in [5.41, 5.74) is 2.67. The number of hydrogen-bond donors (Lipinski definition) is 2. The molecule has 2 amide bonds. The molecule has 0 fully saturated rings. The molecule has 1 aliphatic heterocycles. The molecule has 1 atom stereocenters. The van der Waals surface area contributed by atoms with E-state index < -0.39 is 6.04 Å². The molecule has 1 unspecified atom stereocenters. The third-order valence-electron chi connectivity index (χ3n) is 4.66. The lowest BCUT2D eigenvalue weighted by molar-refractivity contribution is -0.125. The Kier molecular flexibility index (Phi) is 5.71. The van der Waals surface area contributed by atoms with E-state index in [0.29, 0.717) is 22.3 Å². The Bertz CT molecular complexity index is 1080. The molecule has 0 bridgehead atoms. The fourth-order valence-corrected chi connectivity index (χ4v) is 3.95. The van der Waals surface area contributed by atoms with Crippen molar-refractivity contribution in [2.75, 3.05) is 17.7 Å². The normalized spacial score (nSPS) is 15.3. The van der Waals surface area contributed by atoms with Gasteiger partial charge in [-0.05, 0) is 30.2 Å². The molecule has 30 heavy (non-hydrogen) atoms. The van der Waals surface area contributed by atoms with E-state index in [2.05, 4.69) is 20.7 Å². The molecule has 2 aromatic carbocycles. The smallest absolute Gasteiger partial charge is 0.250 e. The van der Waals surface area contributed by atoms with Gasteiger partial charge in [-0.3, -0.25) is 14.9 Å². The zero-order valence-electron chi connectivity index (χ0n) is 16.6. The Balaban J connectivity index is 1.54. The summed E-state index contributed by atoms with van der Waals surface area (Å²) in [6, 6.07) is 14.7. The minimum absolute atomic E-state index is 0.0148. The van der Waals surface area contributed by atoms with Crippen molar-refractivity contribution in [2.24, 2.45) is 0 Å². The second-order valence-corrected chi connectivity index (χ2v) is 7.84. The summed E-state index contributed by atoms with van der Waals surface area (Å²) in [7, 11) is 1.54. The third kappa shape index (κ3) is 4.30. The van der Waals surface area contributed by atoms with E-state index in [1.807, 2.05) is 49.4 Å². The van der Waals surface area contributed by atoms with Gasteiger partial charge in [-0.2, -0.15) is 4.98 Å². The van der Waals surface area contributed by atoms with E-state index in [0.717, 1.165) is 11.1 Å². The Morgan fingerprint density at radius 1 is 1.30 bits per heavy atom. The molecule has 2 heterocycles. The van der Waals surface area contributed by atoms with E-state index in [1.165, 1.54) is 16.4 Å². The number of nitrogens with zero attached hydrogens (tertiary/aromatic N) is 3. The number of aryl methyl sites for hydroxylation is 1. The highest BCUT2D eigenvalue weighted by Crippen LogP contribution is 2.30. The van der Waals surface area contributed by atoms with Crippen molar-refractivity contribution in [3.8, 4) is 5.75 Å². The summed E-state index contributed by atoms with van der Waals surface area (Å²) in [5, 5.41) is 10.5. The van der Waals surface area contributed by atoms with Gasteiger partial charge < -0.3 is 10.1 Å². The van der Waals surface area contributed by atoms with Crippen molar-refractivity contribution in [1.29, 1.82) is 0 Å². The Hall–Kier alpha value is -3.33. The van der Waals surface area contributed by atoms with Crippen molar-refractivity contribution in [3.05, 3.63) is 59.7 Å². The number of nitrogens with one attached hydrogen (secondary N) is 2. The number of benzene rings is 2. The summed E-state index contributed by atoms with van der Waals surface area (Å²) in [6.07, 6.45) is -0.0148. The molecule has 4 rings (SSSR count). The van der Waals surface area contributed by atoms with Crippen LogP contribution in [0.3, 0.4) is 0 Å². The molecule has 8 nitrogen and oxygen atoms in total. The van der Waals surface area contributed by atoms with Crippen LogP contribution in [0.25, 0.3) is 0 Å². The van der Waals surface area contributed by atoms with Crippen LogP contribution in [0.1, 0.15) is 23.6 Å². The number of anilines is 2. The number of thioether (sulfide) groups is 1. The lowest BCUT2D eigenvalue weighted by Gasteiger charge is -2.23. The Labute approximate surface area is 178 Å². The number of carbonyl (C=O) groups is 2. The van der Waals surface area contributed by atoms with Gasteiger partial charge in [0.2, 0.25) is 22.9 Å². The average molecular weight is 423 g/mol. The first-order valence-electron chi connectivity index (χ1n) is 9.42. The maximum atomic E-state index is 13.0. The summed E-state index contributed by atoms with van der Waals surface area (Å²) in [5.74, 6) is 0.894. The minimum Gasteiger partial charge on any atom is -0.495 e. The third-order valence-corrected chi connectivity index (χ3v) is 5.57. The molecule has 2 N–H and O–H groups in total. The second kappa shape index (κ2) is 8.58. The molecule has 0 aliphatic carbocycles. The number of hydrogen-bond acceptors (Lipinski definition) is 6. The van der Waals surface area contributed by atoms with Gasteiger partial charge in [0.05, 0.1) is 19.2 Å². The fraction of sp³-hybridized carbons (Fsp3) is 0.238. The van der Waals surface area contributed by atoms with Crippen LogP contribution in [0.5, 0.6) is 5.75 Å². The Morgan fingerprint density at radius 2 is 2.10 bits per heavy atom. The monoisotopic (exact) mass is 423 g/mol. The number of fused-ring (bicyclic) bond motifs is 1. The van der Waals surface area contributed by atoms with Crippen LogP contribution < -0.4 is 15.4 Å². The van der Waals surface area contributed by atoms with Crippen molar-refractivity contribution >= 4 is 35.2 Å². The highest BCUT2D eigenvalue weighted by molar-refractivity contribution is 7.98. The Morgan fingerprint density at radius 3 is 2.87 bits per heavy atom. The minimum atomic E-state index is -0.794. The number of carbonyl (C=O) groups excluding carboxylic acids is 2. The molecule has 0 saturated carbocycles. The summed E-state index contributed by atoms with van der Waals surface area (Å²) in [6.45, 7) is 1.93. The van der Waals surface area contributed by atoms with Crippen LogP contribution in [-0.4, -0.2) is 33.7 Å². The number of rotatable bonds is 6. The van der Waals surface area contributed by atoms with Gasteiger partial charge in [0.1, 0.15) is 11.8 Å². The fourth-order valence-electron chi connectivity index (χ4n) is 3.17. The van der Waals surface area contributed by atoms with Crippen LogP contribution in [0.15, 0.2) is 53.7 Å². The van der Waals surface area contributed by atoms with E-state index in [-0.39, 0.29) is 24.2 Å². The molecular weight excluding hydrogens is 402 g/mol. The zero-order valence-corrected chi connectivity index (χ0v) is 17.4. The standard InChI is InChI=1S/C21H21N5O3S/c1-13-8-9-17(29-2)15(10-13)22-19(28)16-11-18(27)23-20-24-21(25-26(16)20)30-12-14-6-4-3-5-7-14/h3-10,16H,11-12H2,1-2H3,(H,22,28)(H,23,24,25,27). The summed E-state index contributed by atoms with van der Waals surface area (Å²) in [4.78, 5) is 29.5. The predicted octanol–water partition coefficient (Wildman–Crippen LogP) is 3.41. The average Bonchev–Trinajstić information content (AvgIpc) is 3.15. The molecule has 0 saturated heterocycles. The zero-order chi connectivity index (χ0) is 21.1. The molecule has 1 aliphatic rings. The van der Waals surface area contributed by atoms with Crippen molar-refractivity contribution in [2.45, 2.75) is 30.3 Å². The largest absolute Gasteiger partial charge is 0.495 e. The second-order valence-electron chi connectivity index (χ2n) is 6.90. The maximum absolute atomic E-state index is 13.0. The first-order valence-corrected chi connectivity index (χ1v) is 10.4. The number of methoxy groups -OCH3 is 1.